The minimum absolute atomic E-state index is 0.00406. The highest BCUT2D eigenvalue weighted by atomic mass is 32.2. The van der Waals surface area contributed by atoms with Gasteiger partial charge in [-0.05, 0) is 68.3 Å². The van der Waals surface area contributed by atoms with E-state index < -0.39 is 164 Å². The summed E-state index contributed by atoms with van der Waals surface area (Å²) in [6, 6.07) is -2.62. The van der Waals surface area contributed by atoms with Crippen molar-refractivity contribution in [3.63, 3.8) is 0 Å². The molecule has 14 atom stereocenters. The fourth-order valence-electron chi connectivity index (χ4n) is 9.47. The van der Waals surface area contributed by atoms with Crippen LogP contribution in [0.1, 0.15) is 101 Å². The third kappa shape index (κ3) is 17.3. The summed E-state index contributed by atoms with van der Waals surface area (Å²) in [7, 11) is 0. The van der Waals surface area contributed by atoms with E-state index in [1.54, 1.807) is 12.1 Å². The quantitative estimate of drug-likeness (QED) is 0.0261. The fourth-order valence-corrected chi connectivity index (χ4v) is 9.72. The highest BCUT2D eigenvalue weighted by Gasteiger charge is 2.50. The SMILES string of the molecule is CCCCCCCCOc1ccc(C(=O)N[C@H]2C[C@H](O)CNC(=O)[C@@H]3[C@@H](O)[C@H](C)CN3C(=O)[C@H]([C@H](O)CCN)NC(=O)[C@H]([C@H](O)[C@@H](O)c3ccc(O)c(OSOOO)c3)NC(=O)[C@@H]3C[C@H](O)CN3C(=O)[C@H]([C@H](C)O)NC2=O)cc1. The van der Waals surface area contributed by atoms with Crippen LogP contribution < -0.4 is 41.2 Å². The number of carbonyl (C=O) groups is 7. The number of rotatable bonds is 21. The van der Waals surface area contributed by atoms with Crippen LogP contribution in [-0.2, 0) is 38.1 Å². The van der Waals surface area contributed by atoms with Gasteiger partial charge in [-0.1, -0.05) is 61.4 Å². The molecule has 440 valence electrons. The zero-order valence-corrected chi connectivity index (χ0v) is 44.7. The third-order valence-electron chi connectivity index (χ3n) is 13.9. The first-order valence-corrected chi connectivity index (χ1v) is 26.7. The molecule has 0 aliphatic carbocycles. The number of nitrogens with two attached hydrogens (primary N) is 1. The molecule has 2 aromatic carbocycles. The molecule has 0 unspecified atom stereocenters. The second-order valence-corrected chi connectivity index (χ2v) is 20.3. The van der Waals surface area contributed by atoms with Gasteiger partial charge in [-0.3, -0.25) is 33.6 Å². The number of aliphatic hydroxyl groups is 7. The van der Waals surface area contributed by atoms with Gasteiger partial charge < -0.3 is 91.9 Å². The molecule has 29 heteroatoms. The van der Waals surface area contributed by atoms with E-state index in [0.29, 0.717) is 12.4 Å². The van der Waals surface area contributed by atoms with Crippen molar-refractivity contribution < 1.29 is 98.0 Å². The zero-order chi connectivity index (χ0) is 58.1. The van der Waals surface area contributed by atoms with Crippen LogP contribution in [0.5, 0.6) is 17.2 Å². The number of carbonyl (C=O) groups excluding carboxylic acids is 7. The number of β-amino-alcohol motifs (C(OH)–C–C–N with tert-alkyl or cyclic N) is 1. The van der Waals surface area contributed by atoms with Crippen molar-refractivity contribution in [2.75, 3.05) is 32.8 Å². The Bertz CT molecular complexity index is 2380. The van der Waals surface area contributed by atoms with Crippen LogP contribution in [0.2, 0.25) is 0 Å². The Labute approximate surface area is 459 Å². The average molecular weight is 1140 g/mol. The van der Waals surface area contributed by atoms with E-state index in [4.69, 9.17) is 19.9 Å². The van der Waals surface area contributed by atoms with Crippen molar-refractivity contribution in [3.8, 4) is 17.2 Å². The summed E-state index contributed by atoms with van der Waals surface area (Å²) in [5, 5.41) is 114. The van der Waals surface area contributed by atoms with Crippen molar-refractivity contribution in [1.29, 1.82) is 0 Å². The molecule has 0 radical (unpaired) electrons. The van der Waals surface area contributed by atoms with Gasteiger partial charge in [-0.25, -0.2) is 5.26 Å². The van der Waals surface area contributed by atoms with Gasteiger partial charge in [-0.2, -0.15) is 0 Å². The highest BCUT2D eigenvalue weighted by Crippen LogP contribution is 2.34. The molecule has 0 aromatic heterocycles. The molecule has 3 saturated heterocycles. The number of phenols is 1. The third-order valence-corrected chi connectivity index (χ3v) is 14.2. The second kappa shape index (κ2) is 30.6. The minimum atomic E-state index is -2.44. The molecule has 3 aliphatic heterocycles. The molecule has 3 aliphatic rings. The van der Waals surface area contributed by atoms with Crippen LogP contribution in [0.4, 0.5) is 0 Å². The van der Waals surface area contributed by atoms with E-state index in [1.165, 1.54) is 19.1 Å². The van der Waals surface area contributed by atoms with Crippen LogP contribution >= 0.6 is 12.3 Å². The summed E-state index contributed by atoms with van der Waals surface area (Å²) in [6.07, 6.45) is -8.25. The van der Waals surface area contributed by atoms with Crippen LogP contribution in [0.15, 0.2) is 42.5 Å². The molecule has 5 rings (SSSR count). The number of aliphatic hydroxyl groups excluding tert-OH is 7. The first kappa shape index (κ1) is 63.9. The lowest BCUT2D eigenvalue weighted by Gasteiger charge is -2.34. The number of aromatic hydroxyl groups is 1. The number of ether oxygens (including phenoxy) is 1. The van der Waals surface area contributed by atoms with Crippen molar-refractivity contribution in [1.82, 2.24) is 36.4 Å². The van der Waals surface area contributed by atoms with Crippen molar-refractivity contribution >= 4 is 53.7 Å². The number of phenolic OH excluding ortho intramolecular Hbond substituents is 1. The second-order valence-electron chi connectivity index (χ2n) is 19.9. The first-order chi connectivity index (χ1) is 37.6. The molecule has 79 heavy (non-hydrogen) atoms. The molecule has 2 aromatic rings. The van der Waals surface area contributed by atoms with E-state index >= 15 is 0 Å². The number of hydrogen-bond donors (Lipinski definition) is 15. The molecular weight excluding hydrogens is 1060 g/mol. The average Bonchev–Trinajstić information content (AvgIpc) is 3.96. The molecule has 3 heterocycles. The Balaban J connectivity index is 1.53. The monoisotopic (exact) mass is 1140 g/mol. The van der Waals surface area contributed by atoms with Crippen molar-refractivity contribution in [3.05, 3.63) is 53.6 Å². The van der Waals surface area contributed by atoms with E-state index in [9.17, 15) is 74.4 Å². The predicted octanol–water partition coefficient (Wildman–Crippen LogP) is -2.72. The highest BCUT2D eigenvalue weighted by molar-refractivity contribution is 7.90. The number of nitrogens with zero attached hydrogens (tertiary/aromatic N) is 2. The number of amides is 7. The lowest BCUT2D eigenvalue weighted by Crippen LogP contribution is -2.64. The first-order valence-electron chi connectivity index (χ1n) is 26.1. The maximum Gasteiger partial charge on any atom is 0.261 e. The Hall–Kier alpha value is -5.96. The number of nitrogens with one attached hydrogen (secondary N) is 5. The lowest BCUT2D eigenvalue weighted by molar-refractivity contribution is -0.433. The molecule has 28 nitrogen and oxygen atoms in total. The van der Waals surface area contributed by atoms with Crippen LogP contribution in [0, 0.1) is 5.92 Å². The Kier molecular flexibility index (Phi) is 24.7. The molecule has 0 bridgehead atoms. The van der Waals surface area contributed by atoms with Gasteiger partial charge in [0.05, 0.1) is 37.1 Å². The van der Waals surface area contributed by atoms with Crippen LogP contribution in [0.25, 0.3) is 0 Å². The van der Waals surface area contributed by atoms with E-state index in [1.807, 2.05) is 0 Å². The van der Waals surface area contributed by atoms with Gasteiger partial charge in [0.15, 0.2) is 11.5 Å². The predicted molar refractivity (Wildman–Crippen MR) is 276 cm³/mol. The minimum Gasteiger partial charge on any atom is -0.504 e. The molecule has 0 saturated carbocycles. The van der Waals surface area contributed by atoms with Crippen LogP contribution in [0.3, 0.4) is 0 Å². The topological polar surface area (TPSA) is 431 Å². The molecular formula is C50H74N8O20S. The lowest BCUT2D eigenvalue weighted by atomic mass is 9.96. The number of benzene rings is 2. The summed E-state index contributed by atoms with van der Waals surface area (Å²) in [5.74, 6) is -9.49. The molecule has 0 spiro atoms. The summed E-state index contributed by atoms with van der Waals surface area (Å²) in [6.45, 7) is 3.29. The summed E-state index contributed by atoms with van der Waals surface area (Å²) in [5.41, 5.74) is 5.49. The van der Waals surface area contributed by atoms with E-state index in [2.05, 4.69) is 42.9 Å². The van der Waals surface area contributed by atoms with Gasteiger partial charge in [0.2, 0.25) is 35.4 Å². The zero-order valence-electron chi connectivity index (χ0n) is 43.9. The van der Waals surface area contributed by atoms with Gasteiger partial charge in [-0.15, -0.1) is 0 Å². The molecule has 16 N–H and O–H groups in total. The van der Waals surface area contributed by atoms with Gasteiger partial charge in [0.25, 0.3) is 18.2 Å². The van der Waals surface area contributed by atoms with Gasteiger partial charge in [0.1, 0.15) is 54.2 Å². The standard InChI is InChI=1S/C50H74N8O20S/c1-4-5-6-7-8-9-18-75-31-13-10-27(11-14-31)44(67)53-32-20-29(60)22-52-48(71)40-41(64)25(2)23-58(40)50(73)38(35(63)16-17-51)55-47(70)39(43(66)42(65)28-12-15-34(62)36(19-28)76-79-78-77-74)56-46(69)33-21-30(61)24-57(33)49(72)37(26(3)59)54-45(32)68/h10-15,19,25-26,29-30,32-33,35,37-43,59-66,74H,4-9,16-18,20-24,51H2,1-3H3,(H,52,71)(H,53,67)(H,54,68)(H,55,70)(H,56,69)/t25-,26+,29+,30+,32+,33+,35-,37+,38+,39+,40+,41+,42+,43+/m1/s1. The normalized spacial score (nSPS) is 27.2. The van der Waals surface area contributed by atoms with Gasteiger partial charge >= 0.3 is 0 Å². The maximum atomic E-state index is 14.6. The number of unbranched alkanes of at least 4 members (excludes halogenated alkanes) is 5. The maximum absolute atomic E-state index is 14.6. The van der Waals surface area contributed by atoms with Crippen molar-refractivity contribution in [2.45, 2.75) is 158 Å². The summed E-state index contributed by atoms with van der Waals surface area (Å²) in [4.78, 5) is 102. The van der Waals surface area contributed by atoms with E-state index in [0.717, 1.165) is 73.4 Å². The fraction of sp³-hybridized carbons (Fsp3) is 0.620. The Morgan fingerprint density at radius 3 is 2.14 bits per heavy atom. The summed E-state index contributed by atoms with van der Waals surface area (Å²) >= 11 is 0.00406. The Morgan fingerprint density at radius 1 is 0.810 bits per heavy atom. The molecule has 7 amide bonds. The number of fused-ring (bicyclic) bond motifs is 2. The molecule has 3 fully saturated rings. The van der Waals surface area contributed by atoms with E-state index in [-0.39, 0.29) is 43.0 Å². The summed E-state index contributed by atoms with van der Waals surface area (Å²) < 4.78 is 15.0. The van der Waals surface area contributed by atoms with Crippen LogP contribution in [-0.4, -0.2) is 203 Å². The Morgan fingerprint density at radius 2 is 1.47 bits per heavy atom. The largest absolute Gasteiger partial charge is 0.504 e. The van der Waals surface area contributed by atoms with Gasteiger partial charge in [0, 0.05) is 44.0 Å². The number of hydrogen-bond acceptors (Lipinski definition) is 22. The van der Waals surface area contributed by atoms with Crippen molar-refractivity contribution in [2.24, 2.45) is 11.7 Å². The smallest absolute Gasteiger partial charge is 0.261 e.